The molecule has 0 radical (unpaired) electrons. The summed E-state index contributed by atoms with van der Waals surface area (Å²) in [7, 11) is 0. The number of rotatable bonds is 2. The standard InChI is InChI=1S/C16H13F3N2O2/c17-16(18,19)11-3-1-10(2-4-11)15(22)21-12-5-6-13-14(9-12)23-8-7-20-13/h1-6,9,20H,7-8H2,(H,21,22). The molecule has 1 aliphatic rings. The summed E-state index contributed by atoms with van der Waals surface area (Å²) in [5.41, 5.74) is 0.707. The molecule has 0 aromatic heterocycles. The van der Waals surface area contributed by atoms with Crippen molar-refractivity contribution in [3.63, 3.8) is 0 Å². The molecule has 0 unspecified atom stereocenters. The third-order valence-corrected chi connectivity index (χ3v) is 3.39. The predicted molar refractivity (Wildman–Crippen MR) is 79.8 cm³/mol. The van der Waals surface area contributed by atoms with Gasteiger partial charge in [0, 0.05) is 23.9 Å². The topological polar surface area (TPSA) is 50.4 Å². The molecule has 2 aromatic rings. The molecule has 120 valence electrons. The fourth-order valence-corrected chi connectivity index (χ4v) is 2.23. The van der Waals surface area contributed by atoms with Gasteiger partial charge in [-0.1, -0.05) is 0 Å². The van der Waals surface area contributed by atoms with Crippen LogP contribution in [-0.2, 0) is 6.18 Å². The second-order valence-corrected chi connectivity index (χ2v) is 5.02. The van der Waals surface area contributed by atoms with E-state index in [4.69, 9.17) is 4.74 Å². The van der Waals surface area contributed by atoms with Crippen molar-refractivity contribution in [3.05, 3.63) is 53.6 Å². The number of benzene rings is 2. The van der Waals surface area contributed by atoms with E-state index >= 15 is 0 Å². The second kappa shape index (κ2) is 5.83. The molecule has 0 spiro atoms. The average Bonchev–Trinajstić information content (AvgIpc) is 2.54. The van der Waals surface area contributed by atoms with Crippen molar-refractivity contribution < 1.29 is 22.7 Å². The van der Waals surface area contributed by atoms with Crippen molar-refractivity contribution in [2.75, 3.05) is 23.8 Å². The van der Waals surface area contributed by atoms with Crippen molar-refractivity contribution >= 4 is 17.3 Å². The normalized spacial score (nSPS) is 13.5. The molecule has 7 heteroatoms. The molecule has 4 nitrogen and oxygen atoms in total. The SMILES string of the molecule is O=C(Nc1ccc2c(c1)OCCN2)c1ccc(C(F)(F)F)cc1. The maximum absolute atomic E-state index is 12.5. The van der Waals surface area contributed by atoms with E-state index in [1.54, 1.807) is 18.2 Å². The van der Waals surface area contributed by atoms with Crippen molar-refractivity contribution in [2.45, 2.75) is 6.18 Å². The molecule has 1 heterocycles. The highest BCUT2D eigenvalue weighted by Crippen LogP contribution is 2.31. The molecule has 23 heavy (non-hydrogen) atoms. The number of ether oxygens (including phenoxy) is 1. The van der Waals surface area contributed by atoms with Gasteiger partial charge in [0.2, 0.25) is 0 Å². The van der Waals surface area contributed by atoms with E-state index in [0.717, 1.165) is 30.0 Å². The summed E-state index contributed by atoms with van der Waals surface area (Å²) >= 11 is 0. The van der Waals surface area contributed by atoms with Gasteiger partial charge in [0.15, 0.2) is 0 Å². The largest absolute Gasteiger partial charge is 0.490 e. The summed E-state index contributed by atoms with van der Waals surface area (Å²) in [6, 6.07) is 9.20. The molecule has 3 rings (SSSR count). The lowest BCUT2D eigenvalue weighted by molar-refractivity contribution is -0.137. The van der Waals surface area contributed by atoms with E-state index in [1.165, 1.54) is 0 Å². The molecular formula is C16H13F3N2O2. The predicted octanol–water partition coefficient (Wildman–Crippen LogP) is 3.76. The Morgan fingerprint density at radius 3 is 2.57 bits per heavy atom. The number of anilines is 2. The van der Waals surface area contributed by atoms with Crippen molar-refractivity contribution in [1.82, 2.24) is 0 Å². The molecule has 0 aliphatic carbocycles. The van der Waals surface area contributed by atoms with Gasteiger partial charge in [0.1, 0.15) is 12.4 Å². The minimum absolute atomic E-state index is 0.148. The van der Waals surface area contributed by atoms with Crippen LogP contribution in [0.2, 0.25) is 0 Å². The summed E-state index contributed by atoms with van der Waals surface area (Å²) < 4.78 is 43.0. The lowest BCUT2D eigenvalue weighted by atomic mass is 10.1. The summed E-state index contributed by atoms with van der Waals surface area (Å²) in [4.78, 5) is 12.1. The zero-order valence-electron chi connectivity index (χ0n) is 11.9. The molecule has 0 saturated carbocycles. The van der Waals surface area contributed by atoms with Crippen LogP contribution in [0.3, 0.4) is 0 Å². The monoisotopic (exact) mass is 322 g/mol. The Kier molecular flexibility index (Phi) is 3.85. The first kappa shape index (κ1) is 15.2. The summed E-state index contributed by atoms with van der Waals surface area (Å²) in [6.45, 7) is 1.24. The van der Waals surface area contributed by atoms with E-state index in [-0.39, 0.29) is 5.56 Å². The number of hydrogen-bond acceptors (Lipinski definition) is 3. The Morgan fingerprint density at radius 2 is 1.87 bits per heavy atom. The Balaban J connectivity index is 1.74. The summed E-state index contributed by atoms with van der Waals surface area (Å²) in [5, 5.41) is 5.79. The van der Waals surface area contributed by atoms with E-state index in [0.29, 0.717) is 24.6 Å². The van der Waals surface area contributed by atoms with Crippen LogP contribution in [-0.4, -0.2) is 19.1 Å². The number of halogens is 3. The van der Waals surface area contributed by atoms with Gasteiger partial charge in [-0.25, -0.2) is 0 Å². The number of hydrogen-bond donors (Lipinski definition) is 2. The number of alkyl halides is 3. The first-order valence-electron chi connectivity index (χ1n) is 6.93. The minimum Gasteiger partial charge on any atom is -0.490 e. The first-order valence-corrected chi connectivity index (χ1v) is 6.93. The van der Waals surface area contributed by atoms with E-state index in [9.17, 15) is 18.0 Å². The second-order valence-electron chi connectivity index (χ2n) is 5.02. The van der Waals surface area contributed by atoms with Gasteiger partial charge in [-0.05, 0) is 36.4 Å². The molecule has 2 N–H and O–H groups in total. The lowest BCUT2D eigenvalue weighted by Gasteiger charge is -2.19. The first-order chi connectivity index (χ1) is 10.9. The number of carbonyl (C=O) groups is 1. The van der Waals surface area contributed by atoms with Crippen LogP contribution in [0.25, 0.3) is 0 Å². The highest BCUT2D eigenvalue weighted by atomic mass is 19.4. The highest BCUT2D eigenvalue weighted by Gasteiger charge is 2.30. The Morgan fingerprint density at radius 1 is 1.13 bits per heavy atom. The fourth-order valence-electron chi connectivity index (χ4n) is 2.23. The van der Waals surface area contributed by atoms with Gasteiger partial charge in [0.25, 0.3) is 5.91 Å². The van der Waals surface area contributed by atoms with Crippen LogP contribution in [0.1, 0.15) is 15.9 Å². The molecule has 2 aromatic carbocycles. The molecule has 0 bridgehead atoms. The smallest absolute Gasteiger partial charge is 0.416 e. The van der Waals surface area contributed by atoms with Gasteiger partial charge >= 0.3 is 6.18 Å². The maximum atomic E-state index is 12.5. The Labute approximate surface area is 130 Å². The zero-order valence-corrected chi connectivity index (χ0v) is 11.9. The van der Waals surface area contributed by atoms with Gasteiger partial charge in [-0.3, -0.25) is 4.79 Å². The van der Waals surface area contributed by atoms with Crippen molar-refractivity contribution in [2.24, 2.45) is 0 Å². The molecule has 0 atom stereocenters. The van der Waals surface area contributed by atoms with E-state index in [1.807, 2.05) is 0 Å². The highest BCUT2D eigenvalue weighted by molar-refractivity contribution is 6.04. The molecule has 1 amide bonds. The number of fused-ring (bicyclic) bond motifs is 1. The van der Waals surface area contributed by atoms with E-state index < -0.39 is 17.6 Å². The maximum Gasteiger partial charge on any atom is 0.416 e. The molecule has 0 fully saturated rings. The number of carbonyl (C=O) groups excluding carboxylic acids is 1. The van der Waals surface area contributed by atoms with Crippen molar-refractivity contribution in [3.8, 4) is 5.75 Å². The number of nitrogens with one attached hydrogen (secondary N) is 2. The van der Waals surface area contributed by atoms with Gasteiger partial charge < -0.3 is 15.4 Å². The number of amides is 1. The summed E-state index contributed by atoms with van der Waals surface area (Å²) in [5.74, 6) is 0.143. The lowest BCUT2D eigenvalue weighted by Crippen LogP contribution is -2.18. The van der Waals surface area contributed by atoms with E-state index in [2.05, 4.69) is 10.6 Å². The van der Waals surface area contributed by atoms with Gasteiger partial charge in [-0.2, -0.15) is 13.2 Å². The van der Waals surface area contributed by atoms with Crippen LogP contribution >= 0.6 is 0 Å². The molecular weight excluding hydrogens is 309 g/mol. The average molecular weight is 322 g/mol. The summed E-state index contributed by atoms with van der Waals surface area (Å²) in [6.07, 6.45) is -4.42. The van der Waals surface area contributed by atoms with Crippen LogP contribution in [0.4, 0.5) is 24.5 Å². The quantitative estimate of drug-likeness (QED) is 0.885. The van der Waals surface area contributed by atoms with Gasteiger partial charge in [0.05, 0.1) is 11.3 Å². The van der Waals surface area contributed by atoms with Crippen LogP contribution in [0.5, 0.6) is 5.75 Å². The zero-order chi connectivity index (χ0) is 16.4. The fraction of sp³-hybridized carbons (Fsp3) is 0.188. The third kappa shape index (κ3) is 3.39. The Bertz CT molecular complexity index is 727. The van der Waals surface area contributed by atoms with Gasteiger partial charge in [-0.15, -0.1) is 0 Å². The molecule has 0 saturated heterocycles. The van der Waals surface area contributed by atoms with Crippen LogP contribution in [0, 0.1) is 0 Å². The van der Waals surface area contributed by atoms with Crippen LogP contribution < -0.4 is 15.4 Å². The molecule has 1 aliphatic heterocycles. The third-order valence-electron chi connectivity index (χ3n) is 3.39. The van der Waals surface area contributed by atoms with Crippen molar-refractivity contribution in [1.29, 1.82) is 0 Å². The Hall–Kier alpha value is -2.70. The minimum atomic E-state index is -4.42. The van der Waals surface area contributed by atoms with Crippen LogP contribution in [0.15, 0.2) is 42.5 Å².